The number of ether oxygens (including phenoxy) is 1. The fraction of sp³-hybridized carbons (Fsp3) is 0.600. The third-order valence-corrected chi connectivity index (χ3v) is 1.98. The summed E-state index contributed by atoms with van der Waals surface area (Å²) in [6.45, 7) is 5.67. The molecule has 1 heterocycles. The zero-order valence-electron chi connectivity index (χ0n) is 10.4. The van der Waals surface area contributed by atoms with Gasteiger partial charge in [-0.05, 0) is 12.8 Å². The number of carbonyl (C=O) groups excluding carboxylic acids is 1. The highest BCUT2D eigenvalue weighted by Crippen LogP contribution is 1.99. The van der Waals surface area contributed by atoms with Crippen molar-refractivity contribution in [2.75, 3.05) is 11.9 Å². The van der Waals surface area contributed by atoms with Crippen LogP contribution in [0.15, 0.2) is 9.59 Å². The van der Waals surface area contributed by atoms with Gasteiger partial charge in [-0.25, -0.2) is 14.7 Å². The Bertz CT molecular complexity index is 519. The molecule has 8 nitrogen and oxygen atoms in total. The summed E-state index contributed by atoms with van der Waals surface area (Å²) in [5, 5.41) is 8.12. The largest absolute Gasteiger partial charge is 0.464 e. The van der Waals surface area contributed by atoms with Gasteiger partial charge in [0.15, 0.2) is 0 Å². The van der Waals surface area contributed by atoms with Crippen molar-refractivity contribution in [3.05, 3.63) is 20.8 Å². The Labute approximate surface area is 103 Å². The molecule has 0 amide bonds. The fourth-order valence-corrected chi connectivity index (χ4v) is 1.08. The van der Waals surface area contributed by atoms with Crippen LogP contribution in [-0.2, 0) is 9.53 Å². The van der Waals surface area contributed by atoms with Crippen LogP contribution in [0.3, 0.4) is 0 Å². The minimum Gasteiger partial charge on any atom is -0.464 e. The molecule has 0 saturated carbocycles. The van der Waals surface area contributed by atoms with Crippen LogP contribution in [0, 0.1) is 5.92 Å². The number of hydrogen-bond donors (Lipinski definition) is 3. The Hall–Kier alpha value is -2.12. The van der Waals surface area contributed by atoms with E-state index in [4.69, 9.17) is 4.74 Å². The first-order valence-electron chi connectivity index (χ1n) is 5.52. The van der Waals surface area contributed by atoms with Gasteiger partial charge in [-0.3, -0.25) is 9.78 Å². The maximum atomic E-state index is 11.5. The lowest BCUT2D eigenvalue weighted by atomic mass is 10.2. The number of anilines is 1. The fourth-order valence-electron chi connectivity index (χ4n) is 1.08. The lowest BCUT2D eigenvalue weighted by Gasteiger charge is -2.13. The average Bonchev–Trinajstić information content (AvgIpc) is 2.29. The van der Waals surface area contributed by atoms with Gasteiger partial charge in [0, 0.05) is 0 Å². The van der Waals surface area contributed by atoms with Gasteiger partial charge in [0.2, 0.25) is 5.82 Å². The molecule has 0 fully saturated rings. The number of carbonyl (C=O) groups is 1. The van der Waals surface area contributed by atoms with Crippen LogP contribution in [0.5, 0.6) is 0 Å². The first-order valence-corrected chi connectivity index (χ1v) is 5.52. The molecule has 100 valence electrons. The van der Waals surface area contributed by atoms with Crippen LogP contribution >= 0.6 is 0 Å². The van der Waals surface area contributed by atoms with Crippen LogP contribution in [0.4, 0.5) is 5.82 Å². The summed E-state index contributed by atoms with van der Waals surface area (Å²) in [5.74, 6) is -0.393. The molecule has 8 heteroatoms. The van der Waals surface area contributed by atoms with Crippen molar-refractivity contribution in [3.63, 3.8) is 0 Å². The molecule has 0 aliphatic rings. The van der Waals surface area contributed by atoms with Crippen LogP contribution in [-0.4, -0.2) is 33.8 Å². The summed E-state index contributed by atoms with van der Waals surface area (Å²) in [6, 6.07) is -0.733. The van der Waals surface area contributed by atoms with E-state index in [9.17, 15) is 14.4 Å². The third kappa shape index (κ3) is 4.04. The highest BCUT2D eigenvalue weighted by Gasteiger charge is 2.16. The Balaban J connectivity index is 2.64. The molecule has 0 saturated heterocycles. The smallest absolute Gasteiger partial charge is 0.342 e. The Morgan fingerprint density at radius 1 is 1.39 bits per heavy atom. The number of nitrogens with zero attached hydrogens (tertiary/aromatic N) is 1. The number of nitrogens with one attached hydrogen (secondary N) is 3. The number of aromatic nitrogens is 3. The standard InChI is InChI=1S/C10H16N4O4/c1-5(2)4-18-9(16)6(3)11-7-8(15)12-10(17)14-13-7/h5-6H,4H2,1-3H3,(H,11,13)(H2,12,14,15,17)/t6-/m1/s1. The van der Waals surface area contributed by atoms with Gasteiger partial charge in [0.05, 0.1) is 6.61 Å². The first kappa shape index (κ1) is 13.9. The second-order valence-corrected chi connectivity index (χ2v) is 4.25. The van der Waals surface area contributed by atoms with E-state index >= 15 is 0 Å². The molecule has 0 aromatic carbocycles. The second-order valence-electron chi connectivity index (χ2n) is 4.25. The van der Waals surface area contributed by atoms with Crippen LogP contribution in [0.2, 0.25) is 0 Å². The van der Waals surface area contributed by atoms with Crippen LogP contribution in [0.25, 0.3) is 0 Å². The highest BCUT2D eigenvalue weighted by molar-refractivity contribution is 5.78. The van der Waals surface area contributed by atoms with Gasteiger partial charge in [0.1, 0.15) is 6.04 Å². The third-order valence-electron chi connectivity index (χ3n) is 1.98. The van der Waals surface area contributed by atoms with E-state index in [0.717, 1.165) is 0 Å². The van der Waals surface area contributed by atoms with Crippen molar-refractivity contribution >= 4 is 11.8 Å². The quantitative estimate of drug-likeness (QED) is 0.609. The molecule has 0 aliphatic carbocycles. The second kappa shape index (κ2) is 5.99. The molecule has 1 aromatic heterocycles. The minimum atomic E-state index is -0.733. The lowest BCUT2D eigenvalue weighted by molar-refractivity contribution is -0.145. The molecule has 1 atom stereocenters. The molecule has 0 unspecified atom stereocenters. The van der Waals surface area contributed by atoms with E-state index < -0.39 is 23.3 Å². The zero-order valence-corrected chi connectivity index (χ0v) is 10.4. The van der Waals surface area contributed by atoms with Crippen LogP contribution in [0.1, 0.15) is 20.8 Å². The minimum absolute atomic E-state index is 0.136. The van der Waals surface area contributed by atoms with Gasteiger partial charge in [-0.15, -0.1) is 5.10 Å². The zero-order chi connectivity index (χ0) is 13.7. The predicted octanol–water partition coefficient (Wildman–Crippen LogP) is -0.542. The van der Waals surface area contributed by atoms with Crippen molar-refractivity contribution in [2.45, 2.75) is 26.8 Å². The maximum absolute atomic E-state index is 11.5. The monoisotopic (exact) mass is 256 g/mol. The molecule has 3 N–H and O–H groups in total. The molecule has 1 aromatic rings. The van der Waals surface area contributed by atoms with Gasteiger partial charge >= 0.3 is 11.7 Å². The Kier molecular flexibility index (Phi) is 4.64. The number of aromatic amines is 2. The SMILES string of the molecule is CC(C)COC(=O)[C@@H](C)Nc1n[nH]c(=O)[nH]c1=O. The summed E-state index contributed by atoms with van der Waals surface area (Å²) in [7, 11) is 0. The van der Waals surface area contributed by atoms with Gasteiger partial charge in [-0.1, -0.05) is 13.8 Å². The van der Waals surface area contributed by atoms with E-state index in [1.165, 1.54) is 6.92 Å². The van der Waals surface area contributed by atoms with E-state index in [1.54, 1.807) is 0 Å². The summed E-state index contributed by atoms with van der Waals surface area (Å²) in [6.07, 6.45) is 0. The summed E-state index contributed by atoms with van der Waals surface area (Å²) in [5.41, 5.74) is -1.40. The summed E-state index contributed by atoms with van der Waals surface area (Å²) < 4.78 is 4.99. The molecule has 0 bridgehead atoms. The maximum Gasteiger partial charge on any atom is 0.342 e. The van der Waals surface area contributed by atoms with E-state index in [0.29, 0.717) is 6.61 Å². The molecule has 0 spiro atoms. The number of rotatable bonds is 5. The Morgan fingerprint density at radius 2 is 2.06 bits per heavy atom. The van der Waals surface area contributed by atoms with Gasteiger partial charge in [-0.2, -0.15) is 0 Å². The van der Waals surface area contributed by atoms with Crippen molar-refractivity contribution < 1.29 is 9.53 Å². The number of hydrogen-bond acceptors (Lipinski definition) is 6. The number of H-pyrrole nitrogens is 2. The first-order chi connectivity index (χ1) is 8.40. The van der Waals surface area contributed by atoms with Crippen molar-refractivity contribution in [1.29, 1.82) is 0 Å². The molecule has 1 rings (SSSR count). The van der Waals surface area contributed by atoms with E-state index in [-0.39, 0.29) is 11.7 Å². The van der Waals surface area contributed by atoms with E-state index in [1.807, 2.05) is 18.8 Å². The van der Waals surface area contributed by atoms with Gasteiger partial charge < -0.3 is 10.1 Å². The molecule has 0 radical (unpaired) electrons. The van der Waals surface area contributed by atoms with Crippen molar-refractivity contribution in [1.82, 2.24) is 15.2 Å². The predicted molar refractivity (Wildman–Crippen MR) is 64.4 cm³/mol. The van der Waals surface area contributed by atoms with Gasteiger partial charge in [0.25, 0.3) is 5.56 Å². The molecule has 18 heavy (non-hydrogen) atoms. The van der Waals surface area contributed by atoms with Crippen molar-refractivity contribution in [3.8, 4) is 0 Å². The topological polar surface area (TPSA) is 117 Å². The molecular formula is C10H16N4O4. The summed E-state index contributed by atoms with van der Waals surface area (Å²) >= 11 is 0. The lowest BCUT2D eigenvalue weighted by Crippen LogP contribution is -2.34. The van der Waals surface area contributed by atoms with Crippen LogP contribution < -0.4 is 16.6 Å². The number of esters is 1. The average molecular weight is 256 g/mol. The van der Waals surface area contributed by atoms with E-state index in [2.05, 4.69) is 15.5 Å². The molecule has 0 aliphatic heterocycles. The molecular weight excluding hydrogens is 240 g/mol. The van der Waals surface area contributed by atoms with Crippen molar-refractivity contribution in [2.24, 2.45) is 5.92 Å². The highest BCUT2D eigenvalue weighted by atomic mass is 16.5. The Morgan fingerprint density at radius 3 is 2.61 bits per heavy atom. The normalized spacial score (nSPS) is 12.2. The summed E-state index contributed by atoms with van der Waals surface area (Å²) in [4.78, 5) is 35.6.